The van der Waals surface area contributed by atoms with Crippen LogP contribution in [-0.4, -0.2) is 55.5 Å². The predicted octanol–water partition coefficient (Wildman–Crippen LogP) is 2.54. The Hall–Kier alpha value is -2.36. The number of benzene rings is 1. The molecule has 1 amide bonds. The molecule has 0 fully saturated rings. The summed E-state index contributed by atoms with van der Waals surface area (Å²) < 4.78 is 5.41. The molecular weight excluding hydrogens is 469 g/mol. The Labute approximate surface area is 183 Å². The van der Waals surface area contributed by atoms with Crippen LogP contribution in [0.5, 0.6) is 5.75 Å². The van der Waals surface area contributed by atoms with Crippen LogP contribution in [0.3, 0.4) is 0 Å². The Morgan fingerprint density at radius 3 is 2.68 bits per heavy atom. The summed E-state index contributed by atoms with van der Waals surface area (Å²) in [5.41, 5.74) is 1.62. The second kappa shape index (κ2) is 12.9. The van der Waals surface area contributed by atoms with Crippen LogP contribution in [0.15, 0.2) is 53.8 Å². The number of nitrogens with one attached hydrogen (secondary N) is 2. The fourth-order valence-electron chi connectivity index (χ4n) is 2.56. The minimum atomic E-state index is -0.148. The normalized spacial score (nSPS) is 10.6. The Kier molecular flexibility index (Phi) is 10.9. The van der Waals surface area contributed by atoms with E-state index in [4.69, 9.17) is 4.74 Å². The van der Waals surface area contributed by atoms with Gasteiger partial charge in [0.15, 0.2) is 5.96 Å². The summed E-state index contributed by atoms with van der Waals surface area (Å²) >= 11 is 0. The van der Waals surface area contributed by atoms with Crippen molar-refractivity contribution in [2.24, 2.45) is 4.99 Å². The van der Waals surface area contributed by atoms with Crippen LogP contribution in [0, 0.1) is 0 Å². The van der Waals surface area contributed by atoms with Gasteiger partial charge in [-0.05, 0) is 25.1 Å². The molecule has 2 aromatic rings. The van der Waals surface area contributed by atoms with E-state index >= 15 is 0 Å². The highest BCUT2D eigenvalue weighted by atomic mass is 127. The topological polar surface area (TPSA) is 78.8 Å². The molecule has 1 heterocycles. The van der Waals surface area contributed by atoms with E-state index in [2.05, 4.69) is 20.6 Å². The molecule has 0 saturated heterocycles. The maximum absolute atomic E-state index is 12.0. The number of hydrogen-bond donors (Lipinski definition) is 2. The first-order valence-electron chi connectivity index (χ1n) is 8.95. The van der Waals surface area contributed by atoms with Crippen molar-refractivity contribution in [3.8, 4) is 5.75 Å². The fraction of sp³-hybridized carbons (Fsp3) is 0.350. The first kappa shape index (κ1) is 23.7. The molecule has 28 heavy (non-hydrogen) atoms. The number of methoxy groups -OCH3 is 1. The Bertz CT molecular complexity index is 755. The molecule has 0 spiro atoms. The SMILES string of the molecule is CCNC(=NCCNC(=O)c1cccnc1)N(C)Cc1ccccc1OC.I. The van der Waals surface area contributed by atoms with Crippen molar-refractivity contribution in [1.29, 1.82) is 0 Å². The lowest BCUT2D eigenvalue weighted by atomic mass is 10.2. The zero-order valence-corrected chi connectivity index (χ0v) is 18.8. The van der Waals surface area contributed by atoms with Gasteiger partial charge in [0.05, 0.1) is 19.2 Å². The van der Waals surface area contributed by atoms with Crippen molar-refractivity contribution in [1.82, 2.24) is 20.5 Å². The smallest absolute Gasteiger partial charge is 0.252 e. The molecule has 152 valence electrons. The second-order valence-corrected chi connectivity index (χ2v) is 5.90. The zero-order chi connectivity index (χ0) is 19.5. The van der Waals surface area contributed by atoms with Crippen molar-refractivity contribution >= 4 is 35.8 Å². The molecule has 7 nitrogen and oxygen atoms in total. The summed E-state index contributed by atoms with van der Waals surface area (Å²) in [7, 11) is 3.64. The quantitative estimate of drug-likeness (QED) is 0.254. The summed E-state index contributed by atoms with van der Waals surface area (Å²) in [6.07, 6.45) is 3.19. The standard InChI is InChI=1S/C20H27N5O2.HI/c1-4-22-20(25(2)15-17-8-5-6-10-18(17)27-3)24-13-12-23-19(26)16-9-7-11-21-14-16;/h5-11,14H,4,12-13,15H2,1-3H3,(H,22,24)(H,23,26);1H. The summed E-state index contributed by atoms with van der Waals surface area (Å²) in [4.78, 5) is 22.6. The molecule has 0 aliphatic carbocycles. The van der Waals surface area contributed by atoms with E-state index in [1.165, 1.54) is 0 Å². The Morgan fingerprint density at radius 2 is 2.00 bits per heavy atom. The van der Waals surface area contributed by atoms with Crippen molar-refractivity contribution in [2.45, 2.75) is 13.5 Å². The van der Waals surface area contributed by atoms with Crippen molar-refractivity contribution in [3.05, 3.63) is 59.9 Å². The highest BCUT2D eigenvalue weighted by molar-refractivity contribution is 14.0. The maximum atomic E-state index is 12.0. The van der Waals surface area contributed by atoms with Crippen molar-refractivity contribution in [3.63, 3.8) is 0 Å². The number of aliphatic imine (C=N–C) groups is 1. The van der Waals surface area contributed by atoms with E-state index in [1.807, 2.05) is 43.1 Å². The molecule has 0 saturated carbocycles. The molecule has 1 aromatic carbocycles. The van der Waals surface area contributed by atoms with E-state index < -0.39 is 0 Å². The lowest BCUT2D eigenvalue weighted by Crippen LogP contribution is -2.39. The molecule has 0 radical (unpaired) electrons. The molecule has 2 rings (SSSR count). The van der Waals surface area contributed by atoms with Crippen molar-refractivity contribution in [2.75, 3.05) is 33.8 Å². The number of carbonyl (C=O) groups excluding carboxylic acids is 1. The third kappa shape index (κ3) is 7.34. The van der Waals surface area contributed by atoms with E-state index in [9.17, 15) is 4.79 Å². The lowest BCUT2D eigenvalue weighted by molar-refractivity contribution is 0.0954. The van der Waals surface area contributed by atoms with Gasteiger partial charge in [0.2, 0.25) is 0 Å². The van der Waals surface area contributed by atoms with E-state index in [1.54, 1.807) is 31.6 Å². The van der Waals surface area contributed by atoms with Crippen molar-refractivity contribution < 1.29 is 9.53 Å². The van der Waals surface area contributed by atoms with E-state index in [-0.39, 0.29) is 29.9 Å². The first-order chi connectivity index (χ1) is 13.2. The van der Waals surface area contributed by atoms with Crippen LogP contribution < -0.4 is 15.4 Å². The minimum Gasteiger partial charge on any atom is -0.496 e. The number of para-hydroxylation sites is 1. The van der Waals surface area contributed by atoms with Gasteiger partial charge in [0.1, 0.15) is 5.75 Å². The van der Waals surface area contributed by atoms with Gasteiger partial charge in [-0.3, -0.25) is 14.8 Å². The molecule has 0 unspecified atom stereocenters. The van der Waals surface area contributed by atoms with E-state index in [0.29, 0.717) is 25.2 Å². The molecule has 0 bridgehead atoms. The summed E-state index contributed by atoms with van der Waals surface area (Å²) in [6, 6.07) is 11.4. The van der Waals surface area contributed by atoms with Crippen LogP contribution in [0.25, 0.3) is 0 Å². The number of nitrogens with zero attached hydrogens (tertiary/aromatic N) is 3. The predicted molar refractivity (Wildman–Crippen MR) is 122 cm³/mol. The molecule has 0 aliphatic rings. The van der Waals surface area contributed by atoms with Gasteiger partial charge in [0.25, 0.3) is 5.91 Å². The number of rotatable bonds is 8. The number of guanidine groups is 1. The van der Waals surface area contributed by atoms with Gasteiger partial charge in [0, 0.05) is 44.6 Å². The Balaban J connectivity index is 0.00000392. The number of carbonyl (C=O) groups is 1. The highest BCUT2D eigenvalue weighted by Crippen LogP contribution is 2.18. The zero-order valence-electron chi connectivity index (χ0n) is 16.5. The minimum absolute atomic E-state index is 0. The van der Waals surface area contributed by atoms with Crippen LogP contribution >= 0.6 is 24.0 Å². The first-order valence-corrected chi connectivity index (χ1v) is 8.95. The number of amides is 1. The average Bonchev–Trinajstić information content (AvgIpc) is 2.71. The lowest BCUT2D eigenvalue weighted by Gasteiger charge is -2.23. The molecule has 8 heteroatoms. The second-order valence-electron chi connectivity index (χ2n) is 5.90. The van der Waals surface area contributed by atoms with Gasteiger partial charge >= 0.3 is 0 Å². The summed E-state index contributed by atoms with van der Waals surface area (Å²) in [5.74, 6) is 1.48. The van der Waals surface area contributed by atoms with Gasteiger partial charge in [-0.1, -0.05) is 18.2 Å². The largest absolute Gasteiger partial charge is 0.496 e. The average molecular weight is 497 g/mol. The number of aromatic nitrogens is 1. The third-order valence-electron chi connectivity index (χ3n) is 3.88. The Morgan fingerprint density at radius 1 is 1.21 bits per heavy atom. The van der Waals surface area contributed by atoms with Crippen LogP contribution in [0.2, 0.25) is 0 Å². The van der Waals surface area contributed by atoms with Crippen LogP contribution in [-0.2, 0) is 6.54 Å². The third-order valence-corrected chi connectivity index (χ3v) is 3.88. The van der Waals surface area contributed by atoms with Gasteiger partial charge in [-0.25, -0.2) is 0 Å². The molecule has 0 aliphatic heterocycles. The van der Waals surface area contributed by atoms with Gasteiger partial charge in [-0.15, -0.1) is 24.0 Å². The number of hydrogen-bond acceptors (Lipinski definition) is 4. The van der Waals surface area contributed by atoms with Crippen LogP contribution in [0.1, 0.15) is 22.8 Å². The number of halogens is 1. The molecular formula is C20H28IN5O2. The van der Waals surface area contributed by atoms with Crippen LogP contribution in [0.4, 0.5) is 0 Å². The van der Waals surface area contributed by atoms with Gasteiger partial charge < -0.3 is 20.3 Å². The summed E-state index contributed by atoms with van der Waals surface area (Å²) in [5, 5.41) is 6.12. The fourth-order valence-corrected chi connectivity index (χ4v) is 2.56. The maximum Gasteiger partial charge on any atom is 0.252 e. The molecule has 1 aromatic heterocycles. The van der Waals surface area contributed by atoms with E-state index in [0.717, 1.165) is 23.8 Å². The highest BCUT2D eigenvalue weighted by Gasteiger charge is 2.10. The summed E-state index contributed by atoms with van der Waals surface area (Å²) in [6.45, 7) is 4.38. The molecule has 0 atom stereocenters. The number of ether oxygens (including phenoxy) is 1. The monoisotopic (exact) mass is 497 g/mol. The van der Waals surface area contributed by atoms with Gasteiger partial charge in [-0.2, -0.15) is 0 Å². The number of pyridine rings is 1. The molecule has 2 N–H and O–H groups in total.